The van der Waals surface area contributed by atoms with E-state index in [4.69, 9.17) is 4.74 Å². The Morgan fingerprint density at radius 2 is 1.90 bits per heavy atom. The molecule has 1 atom stereocenters. The Morgan fingerprint density at radius 1 is 1.13 bits per heavy atom. The van der Waals surface area contributed by atoms with E-state index in [0.29, 0.717) is 12.6 Å². The number of rotatable bonds is 7. The molecule has 0 bridgehead atoms. The zero-order valence-corrected chi connectivity index (χ0v) is 18.2. The summed E-state index contributed by atoms with van der Waals surface area (Å²) in [6.07, 6.45) is 4.15. The van der Waals surface area contributed by atoms with Crippen LogP contribution in [-0.4, -0.2) is 29.4 Å². The van der Waals surface area contributed by atoms with E-state index in [9.17, 15) is 4.79 Å². The van der Waals surface area contributed by atoms with Crippen LogP contribution in [-0.2, 0) is 17.9 Å². The van der Waals surface area contributed by atoms with Crippen LogP contribution in [0.2, 0.25) is 0 Å². The summed E-state index contributed by atoms with van der Waals surface area (Å²) in [5, 5.41) is 2.84. The average Bonchev–Trinajstić information content (AvgIpc) is 3.26. The van der Waals surface area contributed by atoms with Crippen molar-refractivity contribution in [3.63, 3.8) is 0 Å². The number of hydrogen-bond donors (Lipinski definition) is 1. The van der Waals surface area contributed by atoms with Gasteiger partial charge in [-0.3, -0.25) is 14.7 Å². The molecule has 0 unspecified atom stereocenters. The van der Waals surface area contributed by atoms with Gasteiger partial charge in [0.25, 0.3) is 0 Å². The molecular formula is C26H29N3O2. The summed E-state index contributed by atoms with van der Waals surface area (Å²) < 4.78 is 5.62. The van der Waals surface area contributed by atoms with Crippen molar-refractivity contribution < 1.29 is 9.53 Å². The molecular weight excluding hydrogens is 386 g/mol. The Bertz CT molecular complexity index is 1050. The van der Waals surface area contributed by atoms with E-state index in [0.717, 1.165) is 36.5 Å². The van der Waals surface area contributed by atoms with Crippen molar-refractivity contribution in [1.82, 2.24) is 15.2 Å². The van der Waals surface area contributed by atoms with Crippen molar-refractivity contribution in [3.05, 3.63) is 83.7 Å². The fourth-order valence-electron chi connectivity index (χ4n) is 4.42. The Labute approximate surface area is 184 Å². The Balaban J connectivity index is 1.58. The van der Waals surface area contributed by atoms with Crippen molar-refractivity contribution in [2.75, 3.05) is 13.7 Å². The molecule has 2 aromatic carbocycles. The van der Waals surface area contributed by atoms with Crippen molar-refractivity contribution in [2.45, 2.75) is 38.9 Å². The maximum Gasteiger partial charge on any atom is 0.217 e. The number of aromatic nitrogens is 1. The molecule has 160 valence electrons. The van der Waals surface area contributed by atoms with Gasteiger partial charge in [0.1, 0.15) is 5.75 Å². The zero-order chi connectivity index (χ0) is 21.6. The molecule has 1 N–H and O–H groups in total. The summed E-state index contributed by atoms with van der Waals surface area (Å²) in [5.74, 6) is 0.854. The van der Waals surface area contributed by atoms with Crippen LogP contribution in [0.5, 0.6) is 5.75 Å². The zero-order valence-electron chi connectivity index (χ0n) is 18.2. The molecule has 0 radical (unpaired) electrons. The minimum absolute atomic E-state index is 0.0392. The number of likely N-dealkylation sites (tertiary alicyclic amines) is 1. The number of nitrogens with one attached hydrogen (secondary N) is 1. The summed E-state index contributed by atoms with van der Waals surface area (Å²) in [7, 11) is 1.72. The van der Waals surface area contributed by atoms with Gasteiger partial charge in [-0.25, -0.2) is 0 Å². The molecule has 4 rings (SSSR count). The van der Waals surface area contributed by atoms with E-state index in [-0.39, 0.29) is 5.91 Å². The Kier molecular flexibility index (Phi) is 6.63. The quantitative estimate of drug-likeness (QED) is 0.606. The Morgan fingerprint density at radius 3 is 2.71 bits per heavy atom. The smallest absolute Gasteiger partial charge is 0.217 e. The SMILES string of the molecule is COc1ccccc1-c1ccccc1CN1CCC[C@@H]1c1ccnc(CNC(C)=O)c1. The predicted molar refractivity (Wildman–Crippen MR) is 123 cm³/mol. The van der Waals surface area contributed by atoms with E-state index in [1.54, 1.807) is 7.11 Å². The van der Waals surface area contributed by atoms with E-state index in [1.807, 2.05) is 18.3 Å². The minimum atomic E-state index is -0.0392. The van der Waals surface area contributed by atoms with Crippen LogP contribution in [0.3, 0.4) is 0 Å². The molecule has 1 saturated heterocycles. The van der Waals surface area contributed by atoms with Gasteiger partial charge in [0, 0.05) is 31.3 Å². The van der Waals surface area contributed by atoms with E-state index >= 15 is 0 Å². The molecule has 5 heteroatoms. The minimum Gasteiger partial charge on any atom is -0.496 e. The molecule has 5 nitrogen and oxygen atoms in total. The lowest BCUT2D eigenvalue weighted by atomic mass is 9.97. The van der Waals surface area contributed by atoms with E-state index < -0.39 is 0 Å². The fourth-order valence-corrected chi connectivity index (χ4v) is 4.42. The molecule has 1 amide bonds. The number of benzene rings is 2. The summed E-state index contributed by atoms with van der Waals surface area (Å²) >= 11 is 0. The number of hydrogen-bond acceptors (Lipinski definition) is 4. The second-order valence-corrected chi connectivity index (χ2v) is 7.98. The molecule has 0 saturated carbocycles. The average molecular weight is 416 g/mol. The summed E-state index contributed by atoms with van der Waals surface area (Å²) in [4.78, 5) is 18.2. The van der Waals surface area contributed by atoms with Crippen LogP contribution < -0.4 is 10.1 Å². The van der Waals surface area contributed by atoms with Crippen molar-refractivity contribution >= 4 is 5.91 Å². The molecule has 31 heavy (non-hydrogen) atoms. The first-order valence-corrected chi connectivity index (χ1v) is 10.8. The number of carbonyl (C=O) groups is 1. The van der Waals surface area contributed by atoms with Crippen molar-refractivity contribution in [1.29, 1.82) is 0 Å². The highest BCUT2D eigenvalue weighted by Crippen LogP contribution is 2.37. The first kappa shape index (κ1) is 21.1. The van der Waals surface area contributed by atoms with E-state index in [1.165, 1.54) is 30.0 Å². The second-order valence-electron chi connectivity index (χ2n) is 7.98. The van der Waals surface area contributed by atoms with Crippen LogP contribution in [0, 0.1) is 0 Å². The molecule has 1 aliphatic heterocycles. The molecule has 1 fully saturated rings. The summed E-state index contributed by atoms with van der Waals surface area (Å²) in [5.41, 5.74) is 5.80. The predicted octanol–water partition coefficient (Wildman–Crippen LogP) is 4.73. The highest BCUT2D eigenvalue weighted by Gasteiger charge is 2.27. The van der Waals surface area contributed by atoms with Gasteiger partial charge in [-0.2, -0.15) is 0 Å². The largest absolute Gasteiger partial charge is 0.496 e. The maximum atomic E-state index is 11.3. The van der Waals surface area contributed by atoms with Crippen molar-refractivity contribution in [2.24, 2.45) is 0 Å². The Hall–Kier alpha value is -3.18. The van der Waals surface area contributed by atoms with Crippen molar-refractivity contribution in [3.8, 4) is 16.9 Å². The summed E-state index contributed by atoms with van der Waals surface area (Å²) in [6, 6.07) is 21.4. The van der Waals surface area contributed by atoms with Gasteiger partial charge in [0.2, 0.25) is 5.91 Å². The topological polar surface area (TPSA) is 54.5 Å². The number of ether oxygens (including phenoxy) is 1. The van der Waals surface area contributed by atoms with Crippen LogP contribution >= 0.6 is 0 Å². The van der Waals surface area contributed by atoms with E-state index in [2.05, 4.69) is 63.7 Å². The first-order chi connectivity index (χ1) is 15.2. The third kappa shape index (κ3) is 4.94. The number of nitrogens with zero attached hydrogens (tertiary/aromatic N) is 2. The highest BCUT2D eigenvalue weighted by atomic mass is 16.5. The van der Waals surface area contributed by atoms with Gasteiger partial charge in [-0.05, 0) is 54.3 Å². The number of methoxy groups -OCH3 is 1. The number of para-hydroxylation sites is 1. The molecule has 0 aliphatic carbocycles. The fraction of sp³-hybridized carbons (Fsp3) is 0.308. The lowest BCUT2D eigenvalue weighted by molar-refractivity contribution is -0.119. The molecule has 1 aromatic heterocycles. The number of pyridine rings is 1. The van der Waals surface area contributed by atoms with Crippen LogP contribution in [0.1, 0.15) is 42.6 Å². The molecule has 1 aliphatic rings. The lowest BCUT2D eigenvalue weighted by Gasteiger charge is -2.26. The van der Waals surface area contributed by atoms with Crippen LogP contribution in [0.25, 0.3) is 11.1 Å². The lowest BCUT2D eigenvalue weighted by Crippen LogP contribution is -2.24. The third-order valence-corrected chi connectivity index (χ3v) is 5.90. The van der Waals surface area contributed by atoms with Crippen LogP contribution in [0.4, 0.5) is 0 Å². The maximum absolute atomic E-state index is 11.3. The van der Waals surface area contributed by atoms with Gasteiger partial charge in [0.15, 0.2) is 0 Å². The van der Waals surface area contributed by atoms with Gasteiger partial charge in [-0.15, -0.1) is 0 Å². The van der Waals surface area contributed by atoms with Gasteiger partial charge in [0.05, 0.1) is 19.3 Å². The summed E-state index contributed by atoms with van der Waals surface area (Å²) in [6.45, 7) is 3.94. The molecule has 0 spiro atoms. The number of amides is 1. The second kappa shape index (κ2) is 9.75. The standard InChI is InChI=1S/C26H29N3O2/c1-19(30)28-17-22-16-20(13-14-27-22)25-11-7-15-29(25)18-21-8-3-4-9-23(21)24-10-5-6-12-26(24)31-2/h3-6,8-10,12-14,16,25H,7,11,15,17-18H2,1-2H3,(H,28,30)/t25-/m1/s1. The normalized spacial score (nSPS) is 16.3. The van der Waals surface area contributed by atoms with Crippen LogP contribution in [0.15, 0.2) is 66.9 Å². The molecule has 2 heterocycles. The highest BCUT2D eigenvalue weighted by molar-refractivity contribution is 5.73. The molecule has 3 aromatic rings. The first-order valence-electron chi connectivity index (χ1n) is 10.8. The monoisotopic (exact) mass is 415 g/mol. The third-order valence-electron chi connectivity index (χ3n) is 5.90. The van der Waals surface area contributed by atoms with Gasteiger partial charge < -0.3 is 10.1 Å². The van der Waals surface area contributed by atoms with Gasteiger partial charge >= 0.3 is 0 Å². The number of carbonyl (C=O) groups excluding carboxylic acids is 1. The van der Waals surface area contributed by atoms with Gasteiger partial charge in [-0.1, -0.05) is 42.5 Å².